The number of hydrogen-bond donors (Lipinski definition) is 2. The topological polar surface area (TPSA) is 74.6 Å². The molecule has 0 heterocycles. The van der Waals surface area contributed by atoms with Crippen molar-refractivity contribution in [3.05, 3.63) is 0 Å². The van der Waals surface area contributed by atoms with E-state index < -0.39 is 13.4 Å². The van der Waals surface area contributed by atoms with Gasteiger partial charge in [-0.2, -0.15) is 0 Å². The molecule has 0 aromatic rings. The van der Waals surface area contributed by atoms with Crippen LogP contribution in [0.2, 0.25) is 0 Å². The minimum absolute atomic E-state index is 0. The van der Waals surface area contributed by atoms with E-state index in [-0.39, 0.29) is 26.2 Å². The molecule has 2 N–H and O–H groups in total. The molecule has 0 bridgehead atoms. The molecule has 0 unspecified atom stereocenters. The zero-order valence-electron chi connectivity index (χ0n) is 2.54. The van der Waals surface area contributed by atoms with Crippen LogP contribution in [0.15, 0.2) is 0 Å². The van der Waals surface area contributed by atoms with Gasteiger partial charge in [0.1, 0.15) is 0 Å². The molecule has 0 aromatic carbocycles. The summed E-state index contributed by atoms with van der Waals surface area (Å²) < 4.78 is 31.8. The summed E-state index contributed by atoms with van der Waals surface area (Å²) in [4.78, 5) is 0. The van der Waals surface area contributed by atoms with E-state index in [9.17, 15) is 0 Å². The summed E-state index contributed by atoms with van der Waals surface area (Å²) in [6.07, 6.45) is 0. The second kappa shape index (κ2) is 2.99. The maximum absolute atomic E-state index is 8.80. The molecule has 0 saturated heterocycles. The van der Waals surface area contributed by atoms with Crippen LogP contribution in [0.1, 0.15) is 0 Å². The summed E-state index contributed by atoms with van der Waals surface area (Å²) in [6.45, 7) is 0. The molecule has 6 heavy (non-hydrogen) atoms. The van der Waals surface area contributed by atoms with Crippen LogP contribution in [-0.4, -0.2) is 34.6 Å². The van der Waals surface area contributed by atoms with Crippen molar-refractivity contribution in [1.82, 2.24) is 0 Å². The van der Waals surface area contributed by atoms with Gasteiger partial charge in [-0.15, -0.1) is 0 Å². The van der Waals surface area contributed by atoms with E-state index in [1.807, 2.05) is 0 Å². The normalized spacial score (nSPS) is 9.67. The minimum atomic E-state index is -5.12. The predicted octanol–water partition coefficient (Wildman–Crippen LogP) is -1.73. The Balaban J connectivity index is 0. The van der Waals surface area contributed by atoms with Crippen LogP contribution in [0.25, 0.3) is 0 Å². The molecule has 0 atom stereocenters. The van der Waals surface area contributed by atoms with Gasteiger partial charge in [-0.05, 0) is 0 Å². The van der Waals surface area contributed by atoms with Crippen LogP contribution in [0, 0.1) is 0 Å². The molecule has 0 aliphatic rings. The fraction of sp³-hybridized carbons (Fsp3) is 0. The standard InChI is InChI=1S/Bi.Mn.2H2O.2O/h;;2*1H2;;/q;+2;;;;/p-2. The molecule has 0 amide bonds. The van der Waals surface area contributed by atoms with Gasteiger partial charge in [-0.25, -0.2) is 0 Å². The molecule has 0 rings (SSSR count). The van der Waals surface area contributed by atoms with E-state index in [0.29, 0.717) is 0 Å². The first-order chi connectivity index (χ1) is 2.00. The van der Waals surface area contributed by atoms with Gasteiger partial charge in [0.15, 0.2) is 0 Å². The van der Waals surface area contributed by atoms with Crippen LogP contribution >= 0.6 is 0 Å². The zero-order valence-corrected chi connectivity index (χ0v) is 7.19. The van der Waals surface area contributed by atoms with Crippen LogP contribution < -0.4 is 0 Å². The number of rotatable bonds is 0. The maximum atomic E-state index is 8.80. The van der Waals surface area contributed by atoms with E-state index in [0.717, 1.165) is 0 Å². The van der Waals surface area contributed by atoms with E-state index in [1.54, 1.807) is 0 Å². The van der Waals surface area contributed by atoms with Gasteiger partial charge in [0, 0.05) is 26.2 Å². The molecular weight excluding hydrogens is 328 g/mol. The Labute approximate surface area is 55.6 Å². The van der Waals surface area contributed by atoms with Crippen molar-refractivity contribution >= 4 is 26.2 Å². The van der Waals surface area contributed by atoms with Crippen molar-refractivity contribution in [2.24, 2.45) is 0 Å². The third kappa shape index (κ3) is 89.0. The van der Waals surface area contributed by atoms with Gasteiger partial charge in [0.05, 0.1) is 0 Å². The third-order valence-corrected chi connectivity index (χ3v) is 0. The van der Waals surface area contributed by atoms with Crippen LogP contribution in [-0.2, 0) is 21.0 Å². The SMILES string of the molecule is [Bi].[O]=[Mn](=[O])([OH])[OH]. The van der Waals surface area contributed by atoms with Crippen LogP contribution in [0.3, 0.4) is 0 Å². The predicted molar refractivity (Wildman–Crippen MR) is 11.6 cm³/mol. The summed E-state index contributed by atoms with van der Waals surface area (Å²) in [7, 11) is 0. The van der Waals surface area contributed by atoms with Crippen molar-refractivity contribution < 1.29 is 29.4 Å². The van der Waals surface area contributed by atoms with E-state index in [2.05, 4.69) is 0 Å². The summed E-state index contributed by atoms with van der Waals surface area (Å²) in [5.41, 5.74) is 0. The molecule has 6 heteroatoms. The van der Waals surface area contributed by atoms with Gasteiger partial charge in [0.25, 0.3) is 0 Å². The van der Waals surface area contributed by atoms with Crippen LogP contribution in [0.5, 0.6) is 0 Å². The molecule has 0 aliphatic heterocycles. The van der Waals surface area contributed by atoms with Crippen molar-refractivity contribution in [3.8, 4) is 0 Å². The molecule has 0 fully saturated rings. The first-order valence-corrected chi connectivity index (χ1v) is 2.67. The van der Waals surface area contributed by atoms with Crippen molar-refractivity contribution in [1.29, 1.82) is 0 Å². The Morgan fingerprint density at radius 1 is 1.17 bits per heavy atom. The monoisotopic (exact) mass is 330 g/mol. The molecular formula is H2BiMnO4. The Kier molecular flexibility index (Phi) is 5.00. The summed E-state index contributed by atoms with van der Waals surface area (Å²) in [5, 5.41) is 0. The Bertz CT molecular complexity index is 90.7. The molecule has 38 valence electrons. The molecule has 4 nitrogen and oxygen atoms in total. The molecule has 0 spiro atoms. The van der Waals surface area contributed by atoms with Gasteiger partial charge >= 0.3 is 29.4 Å². The molecule has 0 aromatic heterocycles. The van der Waals surface area contributed by atoms with Crippen molar-refractivity contribution in [2.75, 3.05) is 0 Å². The van der Waals surface area contributed by atoms with Crippen molar-refractivity contribution in [3.63, 3.8) is 0 Å². The molecule has 0 aliphatic carbocycles. The van der Waals surface area contributed by atoms with Gasteiger partial charge < -0.3 is 0 Å². The number of hydrogen-bond acceptors (Lipinski definition) is 2. The van der Waals surface area contributed by atoms with E-state index in [4.69, 9.17) is 16.0 Å². The second-order valence-electron chi connectivity index (χ2n) is 0.415. The first kappa shape index (κ1) is 10.0. The van der Waals surface area contributed by atoms with Gasteiger partial charge in [-0.1, -0.05) is 0 Å². The molecule has 0 saturated carbocycles. The van der Waals surface area contributed by atoms with E-state index >= 15 is 0 Å². The Morgan fingerprint density at radius 2 is 1.17 bits per heavy atom. The zero-order chi connectivity index (χ0) is 4.50. The fourth-order valence-electron chi connectivity index (χ4n) is 0. The summed E-state index contributed by atoms with van der Waals surface area (Å²) in [6, 6.07) is 0. The Hall–Kier alpha value is 0.923. The summed E-state index contributed by atoms with van der Waals surface area (Å²) >= 11 is -5.12. The van der Waals surface area contributed by atoms with E-state index in [1.165, 1.54) is 0 Å². The summed E-state index contributed by atoms with van der Waals surface area (Å²) in [5.74, 6) is 0. The fourth-order valence-corrected chi connectivity index (χ4v) is 0. The third-order valence-electron chi connectivity index (χ3n) is 0. The average molecular weight is 330 g/mol. The Morgan fingerprint density at radius 3 is 1.17 bits per heavy atom. The first-order valence-electron chi connectivity index (χ1n) is 0.647. The average Bonchev–Trinajstić information content (AvgIpc) is 0.722. The molecule has 3 radical (unpaired) electrons. The van der Waals surface area contributed by atoms with Crippen LogP contribution in [0.4, 0.5) is 0 Å². The second-order valence-corrected chi connectivity index (χ2v) is 1.71. The van der Waals surface area contributed by atoms with Crippen molar-refractivity contribution in [2.45, 2.75) is 0 Å². The van der Waals surface area contributed by atoms with Gasteiger partial charge in [0.2, 0.25) is 0 Å². The quantitative estimate of drug-likeness (QED) is 0.518. The van der Waals surface area contributed by atoms with Gasteiger partial charge in [-0.3, -0.25) is 0 Å².